The van der Waals surface area contributed by atoms with Crippen molar-refractivity contribution in [3.05, 3.63) is 0 Å². The van der Waals surface area contributed by atoms with Crippen LogP contribution < -0.4 is 0 Å². The van der Waals surface area contributed by atoms with Gasteiger partial charge in [-0.05, 0) is 13.8 Å². The van der Waals surface area contributed by atoms with Crippen LogP contribution in [0, 0.1) is 0 Å². The van der Waals surface area contributed by atoms with E-state index in [1.54, 1.807) is 0 Å². The molecule has 7 N–H and O–H groups in total. The Kier molecular flexibility index (Phi) is 8.95. The second kappa shape index (κ2) is 9.92. The van der Waals surface area contributed by atoms with Gasteiger partial charge in [0.25, 0.3) is 0 Å². The fraction of sp³-hybridized carbons (Fsp3) is 1.00. The summed E-state index contributed by atoms with van der Waals surface area (Å²) in [6, 6.07) is 0. The summed E-state index contributed by atoms with van der Waals surface area (Å²) in [5.74, 6) is 0. The third-order valence-corrected chi connectivity index (χ3v) is 3.97. The Balaban J connectivity index is 2.72. The van der Waals surface area contributed by atoms with Crippen LogP contribution in [0.15, 0.2) is 0 Å². The van der Waals surface area contributed by atoms with Crippen molar-refractivity contribution in [2.45, 2.75) is 69.0 Å². The maximum atomic E-state index is 9.92. The summed E-state index contributed by atoms with van der Waals surface area (Å²) in [6.45, 7) is 1.37. The zero-order valence-corrected chi connectivity index (χ0v) is 13.7. The van der Waals surface area contributed by atoms with Gasteiger partial charge in [0.05, 0.1) is 32.0 Å². The zero-order chi connectivity index (χ0) is 18.4. The van der Waals surface area contributed by atoms with E-state index in [0.717, 1.165) is 0 Å². The zero-order valence-electron chi connectivity index (χ0n) is 13.7. The van der Waals surface area contributed by atoms with Crippen molar-refractivity contribution in [1.29, 1.82) is 0 Å². The van der Waals surface area contributed by atoms with Gasteiger partial charge >= 0.3 is 0 Å². The molecule has 0 aromatic heterocycles. The van der Waals surface area contributed by atoms with E-state index in [1.165, 1.54) is 13.8 Å². The second-order valence-corrected chi connectivity index (χ2v) is 5.86. The maximum absolute atomic E-state index is 9.92. The number of hydrogen-bond acceptors (Lipinski definition) is 10. The van der Waals surface area contributed by atoms with Gasteiger partial charge in [-0.1, -0.05) is 0 Å². The average molecular weight is 356 g/mol. The molecule has 9 atom stereocenters. The van der Waals surface area contributed by atoms with Crippen LogP contribution >= 0.6 is 0 Å². The van der Waals surface area contributed by atoms with Crippen molar-refractivity contribution >= 4 is 0 Å². The van der Waals surface area contributed by atoms with Gasteiger partial charge in [-0.2, -0.15) is 0 Å². The summed E-state index contributed by atoms with van der Waals surface area (Å²) in [7, 11) is 0. The number of aliphatic hydroxyl groups is 7. The molecule has 0 saturated carbocycles. The predicted molar refractivity (Wildman–Crippen MR) is 78.8 cm³/mol. The number of ether oxygens (including phenoxy) is 3. The van der Waals surface area contributed by atoms with E-state index in [2.05, 4.69) is 0 Å². The van der Waals surface area contributed by atoms with Crippen molar-refractivity contribution in [1.82, 2.24) is 0 Å². The quantitative estimate of drug-likeness (QED) is 0.218. The molecule has 1 aliphatic rings. The average Bonchev–Trinajstić information content (AvgIpc) is 2.56. The molecule has 0 aromatic rings. The van der Waals surface area contributed by atoms with Crippen molar-refractivity contribution in [2.24, 2.45) is 0 Å². The lowest BCUT2D eigenvalue weighted by atomic mass is 9.99. The highest BCUT2D eigenvalue weighted by molar-refractivity contribution is 4.89. The second-order valence-electron chi connectivity index (χ2n) is 5.86. The Hall–Kier alpha value is -0.400. The maximum Gasteiger partial charge on any atom is 0.187 e. The molecule has 10 nitrogen and oxygen atoms in total. The molecule has 0 aromatic carbocycles. The molecular weight excluding hydrogens is 328 g/mol. The smallest absolute Gasteiger partial charge is 0.187 e. The normalized spacial score (nSPS) is 36.1. The van der Waals surface area contributed by atoms with E-state index < -0.39 is 74.9 Å². The molecule has 0 bridgehead atoms. The summed E-state index contributed by atoms with van der Waals surface area (Å²) in [4.78, 5) is 0. The Labute approximate surface area is 139 Å². The van der Waals surface area contributed by atoms with Gasteiger partial charge in [0.15, 0.2) is 6.29 Å². The summed E-state index contributed by atoms with van der Waals surface area (Å²) in [5, 5.41) is 66.5. The van der Waals surface area contributed by atoms with Gasteiger partial charge < -0.3 is 50.0 Å². The van der Waals surface area contributed by atoms with Crippen molar-refractivity contribution < 1.29 is 50.0 Å². The first-order valence-corrected chi connectivity index (χ1v) is 7.78. The molecule has 0 aliphatic carbocycles. The number of aliphatic hydroxyl groups excluding tert-OH is 7. The number of rotatable bonds is 9. The van der Waals surface area contributed by atoms with Crippen LogP contribution in [0.25, 0.3) is 0 Å². The molecule has 1 aliphatic heterocycles. The van der Waals surface area contributed by atoms with Crippen molar-refractivity contribution in [3.63, 3.8) is 0 Å². The highest BCUT2D eigenvalue weighted by Crippen LogP contribution is 2.24. The van der Waals surface area contributed by atoms with E-state index >= 15 is 0 Å². The molecule has 0 radical (unpaired) electrons. The van der Waals surface area contributed by atoms with Crippen LogP contribution in [0.5, 0.6) is 0 Å². The highest BCUT2D eigenvalue weighted by Gasteiger charge is 2.45. The molecule has 0 amide bonds. The summed E-state index contributed by atoms with van der Waals surface area (Å²) >= 11 is 0. The van der Waals surface area contributed by atoms with Crippen LogP contribution in [0.2, 0.25) is 0 Å². The molecule has 10 heteroatoms. The molecule has 1 fully saturated rings. The van der Waals surface area contributed by atoms with Gasteiger partial charge in [0.2, 0.25) is 0 Å². The number of hydrogen-bond donors (Lipinski definition) is 7. The summed E-state index contributed by atoms with van der Waals surface area (Å²) < 4.78 is 16.0. The van der Waals surface area contributed by atoms with Gasteiger partial charge in [-0.3, -0.25) is 0 Å². The van der Waals surface area contributed by atoms with Crippen LogP contribution in [-0.4, -0.2) is 111 Å². The van der Waals surface area contributed by atoms with E-state index in [9.17, 15) is 25.5 Å². The Morgan fingerprint density at radius 2 is 1.50 bits per heavy atom. The SMILES string of the molecule is CC(O)C(CO)OC(C)C(CO)OC1OC(CO)C(O)C(O)C1O. The lowest BCUT2D eigenvalue weighted by molar-refractivity contribution is -0.321. The van der Waals surface area contributed by atoms with Gasteiger partial charge in [-0.25, -0.2) is 0 Å². The van der Waals surface area contributed by atoms with Crippen molar-refractivity contribution in [2.75, 3.05) is 19.8 Å². The minimum Gasteiger partial charge on any atom is -0.394 e. The van der Waals surface area contributed by atoms with E-state index in [-0.39, 0.29) is 0 Å². The van der Waals surface area contributed by atoms with Gasteiger partial charge in [-0.15, -0.1) is 0 Å². The first kappa shape index (κ1) is 21.6. The molecule has 144 valence electrons. The molecule has 9 unspecified atom stereocenters. The molecule has 1 heterocycles. The Bertz CT molecular complexity index is 352. The Morgan fingerprint density at radius 3 is 1.96 bits per heavy atom. The summed E-state index contributed by atoms with van der Waals surface area (Å²) in [6.07, 6.45) is -10.9. The van der Waals surface area contributed by atoms with Crippen LogP contribution in [0.3, 0.4) is 0 Å². The monoisotopic (exact) mass is 356 g/mol. The Morgan fingerprint density at radius 1 is 0.917 bits per heavy atom. The molecular formula is C14H28O10. The van der Waals surface area contributed by atoms with Gasteiger partial charge in [0.1, 0.15) is 36.6 Å². The minimum absolute atomic E-state index is 0.444. The predicted octanol–water partition coefficient (Wildman–Crippen LogP) is -3.69. The van der Waals surface area contributed by atoms with Crippen molar-refractivity contribution in [3.8, 4) is 0 Å². The summed E-state index contributed by atoms with van der Waals surface area (Å²) in [5.41, 5.74) is 0. The largest absolute Gasteiger partial charge is 0.394 e. The van der Waals surface area contributed by atoms with Crippen LogP contribution in [0.4, 0.5) is 0 Å². The lowest BCUT2D eigenvalue weighted by Gasteiger charge is -2.41. The van der Waals surface area contributed by atoms with E-state index in [4.69, 9.17) is 24.4 Å². The third-order valence-electron chi connectivity index (χ3n) is 3.97. The van der Waals surface area contributed by atoms with E-state index in [1.807, 2.05) is 0 Å². The fourth-order valence-electron chi connectivity index (χ4n) is 2.33. The molecule has 24 heavy (non-hydrogen) atoms. The highest BCUT2D eigenvalue weighted by atomic mass is 16.7. The molecule has 0 spiro atoms. The first-order valence-electron chi connectivity index (χ1n) is 7.78. The third kappa shape index (κ3) is 5.30. The van der Waals surface area contributed by atoms with Gasteiger partial charge in [0, 0.05) is 0 Å². The van der Waals surface area contributed by atoms with Crippen LogP contribution in [0.1, 0.15) is 13.8 Å². The minimum atomic E-state index is -1.60. The first-order chi connectivity index (χ1) is 11.3. The molecule has 1 rings (SSSR count). The fourth-order valence-corrected chi connectivity index (χ4v) is 2.33. The van der Waals surface area contributed by atoms with Crippen LogP contribution in [-0.2, 0) is 14.2 Å². The van der Waals surface area contributed by atoms with E-state index in [0.29, 0.717) is 0 Å². The standard InChI is InChI=1S/C14H28O10/c1-6(18)8(3-15)22-7(2)9(4-16)23-14-13(21)12(20)11(19)10(5-17)24-14/h6-21H,3-5H2,1-2H3. The molecule has 1 saturated heterocycles. The topological polar surface area (TPSA) is 169 Å². The lowest BCUT2D eigenvalue weighted by Crippen LogP contribution is -2.60.